The van der Waals surface area contributed by atoms with Crippen LogP contribution in [0.4, 0.5) is 5.69 Å². The van der Waals surface area contributed by atoms with Gasteiger partial charge in [0.1, 0.15) is 6.34 Å². The van der Waals surface area contributed by atoms with Gasteiger partial charge in [-0.15, -0.1) is 0 Å². The molecular weight excluding hydrogens is 212 g/mol. The van der Waals surface area contributed by atoms with Crippen LogP contribution >= 0.6 is 11.6 Å². The second-order valence-electron chi connectivity index (χ2n) is 3.13. The number of rotatable bonds is 4. The molecule has 0 aliphatic heterocycles. The van der Waals surface area contributed by atoms with Gasteiger partial charge in [-0.3, -0.25) is 10.7 Å². The summed E-state index contributed by atoms with van der Waals surface area (Å²) >= 11 is 6.08. The van der Waals surface area contributed by atoms with Crippen molar-refractivity contribution in [3.8, 4) is 0 Å². The zero-order valence-corrected chi connectivity index (χ0v) is 9.67. The van der Waals surface area contributed by atoms with Crippen molar-refractivity contribution >= 4 is 23.6 Å². The van der Waals surface area contributed by atoms with E-state index in [4.69, 9.17) is 16.8 Å². The van der Waals surface area contributed by atoms with E-state index >= 15 is 0 Å². The van der Waals surface area contributed by atoms with Gasteiger partial charge in [0.2, 0.25) is 0 Å². The lowest BCUT2D eigenvalue weighted by Crippen LogP contribution is -2.02. The molecule has 2 N–H and O–H groups in total. The highest BCUT2D eigenvalue weighted by molar-refractivity contribution is 6.31. The molecule has 3 nitrogen and oxygen atoms in total. The fourth-order valence-corrected chi connectivity index (χ4v) is 1.82. The quantitative estimate of drug-likeness (QED) is 0.471. The average molecular weight is 227 g/mol. The summed E-state index contributed by atoms with van der Waals surface area (Å²) in [6, 6.07) is 3.86. The van der Waals surface area contributed by atoms with Gasteiger partial charge in [0, 0.05) is 5.02 Å². The molecule has 0 aromatic heterocycles. The highest BCUT2D eigenvalue weighted by Crippen LogP contribution is 2.31. The van der Waals surface area contributed by atoms with Crippen LogP contribution in [0.5, 0.6) is 0 Å². The van der Waals surface area contributed by atoms with Crippen molar-refractivity contribution in [2.24, 2.45) is 4.99 Å². The monoisotopic (exact) mass is 226 g/mol. The van der Waals surface area contributed by atoms with Crippen molar-refractivity contribution in [1.82, 2.24) is 5.48 Å². The standard InChI is InChI=1S/C11H15ClN2O/c1-3-8-5-6-10(12)9(4-2)11(8)13-7-14-15/h5-7,15H,3-4H2,1-2H3,(H,13,14). The van der Waals surface area contributed by atoms with Gasteiger partial charge in [-0.25, -0.2) is 4.99 Å². The number of nitrogens with zero attached hydrogens (tertiary/aromatic N) is 1. The highest BCUT2D eigenvalue weighted by Gasteiger charge is 2.08. The number of hydrogen-bond acceptors (Lipinski definition) is 2. The molecule has 0 heterocycles. The Bertz CT molecular complexity index is 364. The second-order valence-corrected chi connectivity index (χ2v) is 3.54. The zero-order chi connectivity index (χ0) is 11.3. The van der Waals surface area contributed by atoms with Crippen molar-refractivity contribution < 1.29 is 5.21 Å². The molecule has 0 saturated heterocycles. The van der Waals surface area contributed by atoms with E-state index in [2.05, 4.69) is 11.9 Å². The van der Waals surface area contributed by atoms with E-state index in [0.29, 0.717) is 0 Å². The van der Waals surface area contributed by atoms with Crippen molar-refractivity contribution in [2.45, 2.75) is 26.7 Å². The van der Waals surface area contributed by atoms with E-state index in [9.17, 15) is 0 Å². The molecule has 0 amide bonds. The van der Waals surface area contributed by atoms with Gasteiger partial charge in [-0.2, -0.15) is 0 Å². The number of aryl methyl sites for hydroxylation is 1. The lowest BCUT2D eigenvalue weighted by Gasteiger charge is -2.10. The molecule has 82 valence electrons. The third kappa shape index (κ3) is 2.70. The SMILES string of the molecule is CCc1ccc(Cl)c(CC)c1N=CNO. The summed E-state index contributed by atoms with van der Waals surface area (Å²) in [5.74, 6) is 0. The summed E-state index contributed by atoms with van der Waals surface area (Å²) in [5.41, 5.74) is 4.90. The van der Waals surface area contributed by atoms with Crippen LogP contribution in [0.3, 0.4) is 0 Å². The predicted molar refractivity (Wildman–Crippen MR) is 63.3 cm³/mol. The van der Waals surface area contributed by atoms with E-state index in [1.807, 2.05) is 24.5 Å². The largest absolute Gasteiger partial charge is 0.290 e. The van der Waals surface area contributed by atoms with Gasteiger partial charge in [0.15, 0.2) is 0 Å². The molecule has 0 bridgehead atoms. The Labute approximate surface area is 94.8 Å². The molecule has 1 aromatic rings. The van der Waals surface area contributed by atoms with Crippen LogP contribution in [0.25, 0.3) is 0 Å². The first-order valence-electron chi connectivity index (χ1n) is 4.97. The predicted octanol–water partition coefficient (Wildman–Crippen LogP) is 3.10. The Kier molecular flexibility index (Phi) is 4.59. The lowest BCUT2D eigenvalue weighted by molar-refractivity contribution is 0.240. The van der Waals surface area contributed by atoms with Crippen LogP contribution < -0.4 is 5.48 Å². The van der Waals surface area contributed by atoms with Gasteiger partial charge in [-0.05, 0) is 30.0 Å². The van der Waals surface area contributed by atoms with Crippen LogP contribution in [0.1, 0.15) is 25.0 Å². The smallest absolute Gasteiger partial charge is 0.113 e. The Hall–Kier alpha value is -1.06. The summed E-state index contributed by atoms with van der Waals surface area (Å²) in [5, 5.41) is 9.21. The van der Waals surface area contributed by atoms with Crippen molar-refractivity contribution in [2.75, 3.05) is 0 Å². The van der Waals surface area contributed by atoms with E-state index in [0.717, 1.165) is 34.7 Å². The zero-order valence-electron chi connectivity index (χ0n) is 8.92. The molecule has 1 aromatic carbocycles. The molecular formula is C11H15ClN2O. The molecule has 0 radical (unpaired) electrons. The first-order chi connectivity index (χ1) is 7.24. The average Bonchev–Trinajstić information content (AvgIpc) is 2.26. The van der Waals surface area contributed by atoms with E-state index in [1.165, 1.54) is 6.34 Å². The second kappa shape index (κ2) is 5.73. The fraction of sp³-hybridized carbons (Fsp3) is 0.364. The lowest BCUT2D eigenvalue weighted by atomic mass is 10.0. The topological polar surface area (TPSA) is 44.6 Å². The van der Waals surface area contributed by atoms with Crippen molar-refractivity contribution in [3.63, 3.8) is 0 Å². The molecule has 0 atom stereocenters. The number of halogens is 1. The maximum Gasteiger partial charge on any atom is 0.113 e. The van der Waals surface area contributed by atoms with Gasteiger partial charge in [0.05, 0.1) is 5.69 Å². The Balaban J connectivity index is 3.27. The molecule has 0 saturated carbocycles. The maximum absolute atomic E-state index is 8.49. The maximum atomic E-state index is 8.49. The molecule has 4 heteroatoms. The molecule has 0 fully saturated rings. The number of hydrogen-bond donors (Lipinski definition) is 2. The minimum absolute atomic E-state index is 0.722. The third-order valence-corrected chi connectivity index (χ3v) is 2.65. The molecule has 1 rings (SSSR count). The Morgan fingerprint density at radius 2 is 2.13 bits per heavy atom. The summed E-state index contributed by atoms with van der Waals surface area (Å²) < 4.78 is 0. The van der Waals surface area contributed by atoms with Gasteiger partial charge >= 0.3 is 0 Å². The summed E-state index contributed by atoms with van der Waals surface area (Å²) in [6.07, 6.45) is 2.97. The highest BCUT2D eigenvalue weighted by atomic mass is 35.5. The van der Waals surface area contributed by atoms with Crippen molar-refractivity contribution in [3.05, 3.63) is 28.3 Å². The number of aliphatic imine (C=N–C) groups is 1. The summed E-state index contributed by atoms with van der Waals surface area (Å²) in [7, 11) is 0. The minimum atomic E-state index is 0.722. The van der Waals surface area contributed by atoms with E-state index < -0.39 is 0 Å². The summed E-state index contributed by atoms with van der Waals surface area (Å²) in [4.78, 5) is 4.16. The number of benzene rings is 1. The first kappa shape index (κ1) is 12.0. The van der Waals surface area contributed by atoms with E-state index in [1.54, 1.807) is 0 Å². The van der Waals surface area contributed by atoms with Crippen molar-refractivity contribution in [1.29, 1.82) is 0 Å². The first-order valence-corrected chi connectivity index (χ1v) is 5.34. The van der Waals surface area contributed by atoms with Crippen LogP contribution in [0.15, 0.2) is 17.1 Å². The van der Waals surface area contributed by atoms with Crippen LogP contribution in [-0.2, 0) is 12.8 Å². The molecule has 15 heavy (non-hydrogen) atoms. The van der Waals surface area contributed by atoms with E-state index in [-0.39, 0.29) is 0 Å². The number of hydroxylamine groups is 1. The third-order valence-electron chi connectivity index (χ3n) is 2.29. The normalized spacial score (nSPS) is 10.9. The number of nitrogens with one attached hydrogen (secondary N) is 1. The van der Waals surface area contributed by atoms with Gasteiger partial charge in [-0.1, -0.05) is 31.5 Å². The molecule has 0 spiro atoms. The Morgan fingerprint density at radius 3 is 2.67 bits per heavy atom. The molecule has 0 aliphatic rings. The fourth-order valence-electron chi connectivity index (χ4n) is 1.54. The minimum Gasteiger partial charge on any atom is -0.290 e. The van der Waals surface area contributed by atoms with Gasteiger partial charge in [0.25, 0.3) is 0 Å². The molecule has 0 aliphatic carbocycles. The molecule has 0 unspecified atom stereocenters. The Morgan fingerprint density at radius 1 is 1.40 bits per heavy atom. The van der Waals surface area contributed by atoms with Gasteiger partial charge < -0.3 is 0 Å². The van der Waals surface area contributed by atoms with Crippen LogP contribution in [0.2, 0.25) is 5.02 Å². The van der Waals surface area contributed by atoms with Crippen LogP contribution in [0, 0.1) is 0 Å². The van der Waals surface area contributed by atoms with Crippen LogP contribution in [-0.4, -0.2) is 11.5 Å². The summed E-state index contributed by atoms with van der Waals surface area (Å²) in [6.45, 7) is 4.10.